The SMILES string of the molecule is CCc1nnc(CN(C)c2nnnn2-c2ccccc2)o1. The number of aromatic nitrogens is 6. The summed E-state index contributed by atoms with van der Waals surface area (Å²) in [5, 5.41) is 19.8. The number of para-hydroxylation sites is 1. The molecule has 3 rings (SSSR count). The number of hydrogen-bond acceptors (Lipinski definition) is 7. The van der Waals surface area contributed by atoms with Gasteiger partial charge in [0.1, 0.15) is 0 Å². The minimum atomic E-state index is 0.445. The Morgan fingerprint density at radius 1 is 1.10 bits per heavy atom. The van der Waals surface area contributed by atoms with Crippen molar-refractivity contribution in [3.63, 3.8) is 0 Å². The van der Waals surface area contributed by atoms with Gasteiger partial charge in [0, 0.05) is 13.5 Å². The molecule has 0 fully saturated rings. The maximum absolute atomic E-state index is 5.51. The molecular formula is C13H15N7O. The highest BCUT2D eigenvalue weighted by atomic mass is 16.4. The van der Waals surface area contributed by atoms with E-state index in [1.807, 2.05) is 49.2 Å². The molecular weight excluding hydrogens is 270 g/mol. The van der Waals surface area contributed by atoms with Crippen molar-refractivity contribution in [1.29, 1.82) is 0 Å². The van der Waals surface area contributed by atoms with Crippen molar-refractivity contribution in [1.82, 2.24) is 30.4 Å². The molecule has 2 aromatic heterocycles. The van der Waals surface area contributed by atoms with Crippen LogP contribution < -0.4 is 4.90 Å². The first kappa shape index (κ1) is 13.2. The lowest BCUT2D eigenvalue weighted by atomic mass is 10.3. The summed E-state index contributed by atoms with van der Waals surface area (Å²) in [7, 11) is 1.88. The normalized spacial score (nSPS) is 10.8. The Labute approximate surface area is 121 Å². The number of benzene rings is 1. The summed E-state index contributed by atoms with van der Waals surface area (Å²) in [6.07, 6.45) is 0.721. The van der Waals surface area contributed by atoms with Crippen LogP contribution in [0.4, 0.5) is 5.95 Å². The first-order valence-electron chi connectivity index (χ1n) is 6.64. The minimum Gasteiger partial charge on any atom is -0.423 e. The van der Waals surface area contributed by atoms with Gasteiger partial charge in [-0.15, -0.1) is 10.2 Å². The second kappa shape index (κ2) is 5.70. The van der Waals surface area contributed by atoms with Crippen LogP contribution in [0.1, 0.15) is 18.7 Å². The molecule has 0 N–H and O–H groups in total. The van der Waals surface area contributed by atoms with Crippen LogP contribution in [0.5, 0.6) is 0 Å². The maximum Gasteiger partial charge on any atom is 0.250 e. The minimum absolute atomic E-state index is 0.445. The van der Waals surface area contributed by atoms with E-state index in [4.69, 9.17) is 4.42 Å². The lowest BCUT2D eigenvalue weighted by Crippen LogP contribution is -2.21. The van der Waals surface area contributed by atoms with E-state index in [1.165, 1.54) is 0 Å². The number of tetrazole rings is 1. The second-order valence-corrected chi connectivity index (χ2v) is 4.53. The van der Waals surface area contributed by atoms with E-state index in [-0.39, 0.29) is 0 Å². The molecule has 8 nitrogen and oxygen atoms in total. The van der Waals surface area contributed by atoms with E-state index in [9.17, 15) is 0 Å². The van der Waals surface area contributed by atoms with Crippen molar-refractivity contribution < 1.29 is 4.42 Å². The molecule has 0 aliphatic rings. The van der Waals surface area contributed by atoms with Crippen LogP contribution in [-0.4, -0.2) is 37.5 Å². The highest BCUT2D eigenvalue weighted by molar-refractivity contribution is 5.39. The Morgan fingerprint density at radius 3 is 2.57 bits per heavy atom. The fourth-order valence-electron chi connectivity index (χ4n) is 1.93. The van der Waals surface area contributed by atoms with Gasteiger partial charge >= 0.3 is 0 Å². The Hall–Kier alpha value is -2.77. The molecule has 108 valence electrons. The zero-order valence-corrected chi connectivity index (χ0v) is 11.8. The fraction of sp³-hybridized carbons (Fsp3) is 0.308. The van der Waals surface area contributed by atoms with E-state index in [2.05, 4.69) is 25.7 Å². The highest BCUT2D eigenvalue weighted by Crippen LogP contribution is 2.15. The number of nitrogens with zero attached hydrogens (tertiary/aromatic N) is 7. The standard InChI is InChI=1S/C13H15N7O/c1-3-11-14-15-12(21-11)9-19(2)13-16-17-18-20(13)10-7-5-4-6-8-10/h4-8H,3,9H2,1-2H3. The van der Waals surface area contributed by atoms with E-state index >= 15 is 0 Å². The van der Waals surface area contributed by atoms with E-state index in [0.717, 1.165) is 12.1 Å². The van der Waals surface area contributed by atoms with Crippen LogP contribution >= 0.6 is 0 Å². The number of anilines is 1. The van der Waals surface area contributed by atoms with Gasteiger partial charge in [0.05, 0.1) is 12.2 Å². The lowest BCUT2D eigenvalue weighted by Gasteiger charge is -2.15. The molecule has 0 amide bonds. The largest absolute Gasteiger partial charge is 0.423 e. The predicted octanol–water partition coefficient (Wildman–Crippen LogP) is 1.24. The summed E-state index contributed by atoms with van der Waals surface area (Å²) < 4.78 is 7.17. The highest BCUT2D eigenvalue weighted by Gasteiger charge is 2.15. The van der Waals surface area contributed by atoms with Gasteiger partial charge in [-0.1, -0.05) is 30.2 Å². The molecule has 2 heterocycles. The van der Waals surface area contributed by atoms with Gasteiger partial charge in [-0.3, -0.25) is 0 Å². The molecule has 0 aliphatic heterocycles. The number of aryl methyl sites for hydroxylation is 1. The van der Waals surface area contributed by atoms with Crippen molar-refractivity contribution in [2.45, 2.75) is 19.9 Å². The zero-order valence-electron chi connectivity index (χ0n) is 11.8. The second-order valence-electron chi connectivity index (χ2n) is 4.53. The smallest absolute Gasteiger partial charge is 0.250 e. The van der Waals surface area contributed by atoms with Crippen LogP contribution in [0.2, 0.25) is 0 Å². The predicted molar refractivity (Wildman–Crippen MR) is 74.9 cm³/mol. The van der Waals surface area contributed by atoms with Crippen LogP contribution in [0.15, 0.2) is 34.7 Å². The lowest BCUT2D eigenvalue weighted by molar-refractivity contribution is 0.451. The molecule has 3 aromatic rings. The van der Waals surface area contributed by atoms with E-state index in [1.54, 1.807) is 4.68 Å². The van der Waals surface area contributed by atoms with Gasteiger partial charge in [0.2, 0.25) is 11.8 Å². The third kappa shape index (κ3) is 2.73. The summed E-state index contributed by atoms with van der Waals surface area (Å²) in [4.78, 5) is 1.86. The Bertz CT molecular complexity index is 706. The van der Waals surface area contributed by atoms with Crippen molar-refractivity contribution in [2.24, 2.45) is 0 Å². The van der Waals surface area contributed by atoms with Crippen LogP contribution in [0, 0.1) is 0 Å². The molecule has 21 heavy (non-hydrogen) atoms. The molecule has 0 bridgehead atoms. The summed E-state index contributed by atoms with van der Waals surface area (Å²) in [6, 6.07) is 9.70. The van der Waals surface area contributed by atoms with E-state index < -0.39 is 0 Å². The first-order valence-corrected chi connectivity index (χ1v) is 6.64. The fourth-order valence-corrected chi connectivity index (χ4v) is 1.93. The van der Waals surface area contributed by atoms with Gasteiger partial charge in [0.25, 0.3) is 5.95 Å². The average Bonchev–Trinajstić information content (AvgIpc) is 3.17. The summed E-state index contributed by atoms with van der Waals surface area (Å²) in [6.45, 7) is 2.41. The van der Waals surface area contributed by atoms with Crippen LogP contribution in [0.3, 0.4) is 0 Å². The molecule has 1 aromatic carbocycles. The number of rotatable bonds is 5. The molecule has 0 atom stereocenters. The first-order chi connectivity index (χ1) is 10.3. The topological polar surface area (TPSA) is 85.8 Å². The molecule has 8 heteroatoms. The summed E-state index contributed by atoms with van der Waals surface area (Å²) in [5.41, 5.74) is 0.893. The van der Waals surface area contributed by atoms with Crippen molar-refractivity contribution in [3.8, 4) is 5.69 Å². The van der Waals surface area contributed by atoms with Crippen LogP contribution in [-0.2, 0) is 13.0 Å². The molecule has 0 radical (unpaired) electrons. The third-order valence-corrected chi connectivity index (χ3v) is 2.98. The quantitative estimate of drug-likeness (QED) is 0.697. The summed E-state index contributed by atoms with van der Waals surface area (Å²) in [5.74, 6) is 1.77. The maximum atomic E-state index is 5.51. The van der Waals surface area contributed by atoms with Crippen molar-refractivity contribution in [2.75, 3.05) is 11.9 Å². The van der Waals surface area contributed by atoms with Crippen molar-refractivity contribution in [3.05, 3.63) is 42.1 Å². The Morgan fingerprint density at radius 2 is 1.86 bits per heavy atom. The average molecular weight is 285 g/mol. The van der Waals surface area contributed by atoms with Gasteiger partial charge < -0.3 is 9.32 Å². The Kier molecular flexibility index (Phi) is 3.59. The molecule has 0 aliphatic carbocycles. The summed E-state index contributed by atoms with van der Waals surface area (Å²) >= 11 is 0. The molecule has 0 spiro atoms. The Balaban J connectivity index is 1.82. The van der Waals surface area contributed by atoms with E-state index in [0.29, 0.717) is 24.3 Å². The monoisotopic (exact) mass is 285 g/mol. The van der Waals surface area contributed by atoms with Gasteiger partial charge in [-0.2, -0.15) is 4.68 Å². The van der Waals surface area contributed by atoms with Gasteiger partial charge in [-0.05, 0) is 22.6 Å². The van der Waals surface area contributed by atoms with Crippen molar-refractivity contribution >= 4 is 5.95 Å². The molecule has 0 saturated carbocycles. The molecule has 0 saturated heterocycles. The van der Waals surface area contributed by atoms with Gasteiger partial charge in [0.15, 0.2) is 0 Å². The number of hydrogen-bond donors (Lipinski definition) is 0. The molecule has 0 unspecified atom stereocenters. The van der Waals surface area contributed by atoms with Gasteiger partial charge in [-0.25, -0.2) is 0 Å². The zero-order chi connectivity index (χ0) is 14.7. The third-order valence-electron chi connectivity index (χ3n) is 2.98. The van der Waals surface area contributed by atoms with Crippen LogP contribution in [0.25, 0.3) is 5.69 Å².